The summed E-state index contributed by atoms with van der Waals surface area (Å²) in [6, 6.07) is 17.3. The van der Waals surface area contributed by atoms with Gasteiger partial charge in [0.2, 0.25) is 0 Å². The summed E-state index contributed by atoms with van der Waals surface area (Å²) in [6.07, 6.45) is 0. The summed E-state index contributed by atoms with van der Waals surface area (Å²) in [5, 5.41) is 8.76. The lowest BCUT2D eigenvalue weighted by Gasteiger charge is -2.08. The van der Waals surface area contributed by atoms with Gasteiger partial charge >= 0.3 is 0 Å². The predicted octanol–water partition coefficient (Wildman–Crippen LogP) is 4.15. The van der Waals surface area contributed by atoms with Crippen molar-refractivity contribution < 1.29 is 9.15 Å². The van der Waals surface area contributed by atoms with Crippen LogP contribution in [0, 0.1) is 0 Å². The molecular formula is C18H17N3O2S. The number of hydrazone groups is 1. The van der Waals surface area contributed by atoms with Crippen LogP contribution in [0.1, 0.15) is 12.7 Å². The molecule has 0 spiro atoms. The molecule has 0 unspecified atom stereocenters. The molecule has 6 heteroatoms. The number of nitrogens with one attached hydrogen (secondary N) is 2. The fourth-order valence-electron chi connectivity index (χ4n) is 2.18. The van der Waals surface area contributed by atoms with E-state index < -0.39 is 0 Å². The van der Waals surface area contributed by atoms with E-state index in [2.05, 4.69) is 15.8 Å². The molecule has 3 rings (SSSR count). The number of anilines is 1. The first kappa shape index (κ1) is 16.0. The van der Waals surface area contributed by atoms with Crippen LogP contribution in [0.2, 0.25) is 0 Å². The third kappa shape index (κ3) is 3.72. The first-order chi connectivity index (χ1) is 11.7. The Bertz CT molecular complexity index is 852. The lowest BCUT2D eigenvalue weighted by Crippen LogP contribution is -2.24. The highest BCUT2D eigenvalue weighted by Crippen LogP contribution is 2.19. The number of nitrogens with zero attached hydrogens (tertiary/aromatic N) is 1. The minimum Gasteiger partial charge on any atom is -0.497 e. The number of thiocarbonyl (C=S) groups is 1. The molecule has 0 amide bonds. The Morgan fingerprint density at radius 3 is 2.58 bits per heavy atom. The van der Waals surface area contributed by atoms with E-state index in [1.54, 1.807) is 7.11 Å². The van der Waals surface area contributed by atoms with Crippen LogP contribution in [0.4, 0.5) is 5.69 Å². The van der Waals surface area contributed by atoms with Crippen molar-refractivity contribution >= 4 is 39.7 Å². The van der Waals surface area contributed by atoms with Crippen molar-refractivity contribution in [1.82, 2.24) is 5.43 Å². The van der Waals surface area contributed by atoms with Gasteiger partial charge in [-0.2, -0.15) is 5.10 Å². The molecule has 0 bridgehead atoms. The van der Waals surface area contributed by atoms with E-state index in [4.69, 9.17) is 21.4 Å². The number of methoxy groups -OCH3 is 1. The number of hydrogen-bond donors (Lipinski definition) is 2. The third-order valence-electron chi connectivity index (χ3n) is 3.46. The molecule has 2 N–H and O–H groups in total. The lowest BCUT2D eigenvalue weighted by atomic mass is 10.2. The van der Waals surface area contributed by atoms with Gasteiger partial charge < -0.3 is 14.5 Å². The van der Waals surface area contributed by atoms with Crippen LogP contribution in [0.3, 0.4) is 0 Å². The zero-order valence-electron chi connectivity index (χ0n) is 13.4. The van der Waals surface area contributed by atoms with Crippen LogP contribution >= 0.6 is 12.2 Å². The second-order valence-corrected chi connectivity index (χ2v) is 5.55. The smallest absolute Gasteiger partial charge is 0.191 e. The van der Waals surface area contributed by atoms with Gasteiger partial charge in [-0.25, -0.2) is 0 Å². The molecule has 1 heterocycles. The van der Waals surface area contributed by atoms with Crippen LogP contribution < -0.4 is 15.5 Å². The largest absolute Gasteiger partial charge is 0.497 e. The number of rotatable bonds is 4. The Kier molecular flexibility index (Phi) is 4.77. The van der Waals surface area contributed by atoms with Crippen molar-refractivity contribution in [1.29, 1.82) is 0 Å². The van der Waals surface area contributed by atoms with E-state index in [1.165, 1.54) is 0 Å². The average Bonchev–Trinajstić information content (AvgIpc) is 3.04. The van der Waals surface area contributed by atoms with Crippen molar-refractivity contribution in [2.45, 2.75) is 6.92 Å². The number of para-hydroxylation sites is 1. The fraction of sp³-hybridized carbons (Fsp3) is 0.111. The Labute approximate surface area is 145 Å². The van der Waals surface area contributed by atoms with Crippen molar-refractivity contribution in [3.63, 3.8) is 0 Å². The van der Waals surface area contributed by atoms with Gasteiger partial charge in [0.15, 0.2) is 10.9 Å². The van der Waals surface area contributed by atoms with E-state index in [0.717, 1.165) is 22.4 Å². The predicted molar refractivity (Wildman–Crippen MR) is 101 cm³/mol. The van der Waals surface area contributed by atoms with E-state index in [0.29, 0.717) is 16.6 Å². The van der Waals surface area contributed by atoms with Gasteiger partial charge in [0, 0.05) is 11.1 Å². The maximum atomic E-state index is 5.76. The van der Waals surface area contributed by atoms with Gasteiger partial charge in [-0.15, -0.1) is 0 Å². The highest BCUT2D eigenvalue weighted by molar-refractivity contribution is 7.80. The molecule has 2 aromatic carbocycles. The molecule has 0 fully saturated rings. The second-order valence-electron chi connectivity index (χ2n) is 5.14. The SMILES string of the molecule is COc1ccc(NC(=S)N/N=C(\C)c2cc3ccccc3o2)cc1. The summed E-state index contributed by atoms with van der Waals surface area (Å²) in [7, 11) is 1.63. The number of ether oxygens (including phenoxy) is 1. The maximum absolute atomic E-state index is 5.76. The van der Waals surface area contributed by atoms with Crippen LogP contribution in [-0.2, 0) is 0 Å². The topological polar surface area (TPSA) is 58.8 Å². The Morgan fingerprint density at radius 2 is 1.88 bits per heavy atom. The van der Waals surface area contributed by atoms with Gasteiger partial charge in [-0.05, 0) is 55.5 Å². The van der Waals surface area contributed by atoms with Crippen molar-refractivity contribution in [2.75, 3.05) is 12.4 Å². The zero-order chi connectivity index (χ0) is 16.9. The van der Waals surface area contributed by atoms with Crippen LogP contribution in [0.5, 0.6) is 5.75 Å². The molecule has 3 aromatic rings. The van der Waals surface area contributed by atoms with E-state index in [9.17, 15) is 0 Å². The van der Waals surface area contributed by atoms with Gasteiger partial charge in [0.25, 0.3) is 0 Å². The number of hydrogen-bond acceptors (Lipinski definition) is 4. The Balaban J connectivity index is 1.64. The van der Waals surface area contributed by atoms with Crippen LogP contribution in [0.15, 0.2) is 64.1 Å². The summed E-state index contributed by atoms with van der Waals surface area (Å²) in [4.78, 5) is 0. The Hall–Kier alpha value is -2.86. The summed E-state index contributed by atoms with van der Waals surface area (Å²) in [5.41, 5.74) is 5.22. The molecular weight excluding hydrogens is 322 g/mol. The molecule has 24 heavy (non-hydrogen) atoms. The van der Waals surface area contributed by atoms with Crippen molar-refractivity contribution in [3.05, 3.63) is 60.4 Å². The maximum Gasteiger partial charge on any atom is 0.191 e. The van der Waals surface area contributed by atoms with Crippen molar-refractivity contribution in [2.24, 2.45) is 5.10 Å². The first-order valence-electron chi connectivity index (χ1n) is 7.40. The Morgan fingerprint density at radius 1 is 1.12 bits per heavy atom. The molecule has 5 nitrogen and oxygen atoms in total. The third-order valence-corrected chi connectivity index (χ3v) is 3.65. The second kappa shape index (κ2) is 7.14. The van der Waals surface area contributed by atoms with Crippen molar-refractivity contribution in [3.8, 4) is 5.75 Å². The average molecular weight is 339 g/mol. The summed E-state index contributed by atoms with van der Waals surface area (Å²) < 4.78 is 10.9. The number of fused-ring (bicyclic) bond motifs is 1. The zero-order valence-corrected chi connectivity index (χ0v) is 14.2. The number of furan rings is 1. The number of benzene rings is 2. The quantitative estimate of drug-likeness (QED) is 0.425. The summed E-state index contributed by atoms with van der Waals surface area (Å²) in [6.45, 7) is 1.86. The molecule has 122 valence electrons. The van der Waals surface area contributed by atoms with Crippen LogP contribution in [-0.4, -0.2) is 17.9 Å². The minimum atomic E-state index is 0.399. The molecule has 0 atom stereocenters. The fourth-order valence-corrected chi connectivity index (χ4v) is 2.35. The molecule has 0 aliphatic rings. The lowest BCUT2D eigenvalue weighted by molar-refractivity contribution is 0.415. The molecule has 0 saturated carbocycles. The standard InChI is InChI=1S/C18H17N3O2S/c1-12(17-11-13-5-3-4-6-16(13)23-17)20-21-18(24)19-14-7-9-15(22-2)10-8-14/h3-11H,1-2H3,(H2,19,21,24)/b20-12+. The summed E-state index contributed by atoms with van der Waals surface area (Å²) >= 11 is 5.24. The van der Waals surface area contributed by atoms with E-state index in [-0.39, 0.29) is 0 Å². The molecule has 0 aliphatic heterocycles. The van der Waals surface area contributed by atoms with Crippen LogP contribution in [0.25, 0.3) is 11.0 Å². The highest BCUT2D eigenvalue weighted by atomic mass is 32.1. The van der Waals surface area contributed by atoms with E-state index in [1.807, 2.05) is 61.5 Å². The van der Waals surface area contributed by atoms with Gasteiger partial charge in [-0.3, -0.25) is 5.43 Å². The molecule has 0 saturated heterocycles. The van der Waals surface area contributed by atoms with Gasteiger partial charge in [0.1, 0.15) is 17.0 Å². The van der Waals surface area contributed by atoms with E-state index >= 15 is 0 Å². The normalized spacial score (nSPS) is 11.3. The molecule has 1 aromatic heterocycles. The van der Waals surface area contributed by atoms with Gasteiger partial charge in [0.05, 0.1) is 7.11 Å². The minimum absolute atomic E-state index is 0.399. The molecule has 0 radical (unpaired) electrons. The monoisotopic (exact) mass is 339 g/mol. The molecule has 0 aliphatic carbocycles. The van der Waals surface area contributed by atoms with Gasteiger partial charge in [-0.1, -0.05) is 18.2 Å². The summed E-state index contributed by atoms with van der Waals surface area (Å²) in [5.74, 6) is 1.49. The highest BCUT2D eigenvalue weighted by Gasteiger charge is 2.06. The first-order valence-corrected chi connectivity index (χ1v) is 7.81.